The molecule has 1 heterocycles. The second kappa shape index (κ2) is 5.05. The molecule has 6 heteroatoms. The number of nitrogens with zero attached hydrogens (tertiary/aromatic N) is 1. The van der Waals surface area contributed by atoms with E-state index in [-0.39, 0.29) is 0 Å². The number of Topliss-reactive ketones (excluding diaryl/α,β-unsaturated/α-hetero) is 2. The molecule has 2 aromatic rings. The van der Waals surface area contributed by atoms with Gasteiger partial charge in [-0.05, 0) is 18.2 Å². The average molecular weight is 263 g/mol. The number of esters is 1. The van der Waals surface area contributed by atoms with E-state index in [1.165, 1.54) is 11.3 Å². The monoisotopic (exact) mass is 263 g/mol. The molecule has 1 aromatic carbocycles. The van der Waals surface area contributed by atoms with Crippen molar-refractivity contribution >= 4 is 39.1 Å². The highest BCUT2D eigenvalue weighted by atomic mass is 32.1. The number of carbonyl (C=O) groups is 3. The summed E-state index contributed by atoms with van der Waals surface area (Å²) in [6.07, 6.45) is -0.475. The fraction of sp³-hybridized carbons (Fsp3) is 0.167. The molecule has 0 aliphatic heterocycles. The lowest BCUT2D eigenvalue weighted by atomic mass is 10.1. The zero-order valence-electron chi connectivity index (χ0n) is 9.50. The molecule has 0 saturated carbocycles. The molecular weight excluding hydrogens is 254 g/mol. The van der Waals surface area contributed by atoms with Crippen LogP contribution in [0.3, 0.4) is 0 Å². The molecule has 5 nitrogen and oxygen atoms in total. The number of hydrogen-bond donors (Lipinski definition) is 0. The highest BCUT2D eigenvalue weighted by Crippen LogP contribution is 2.19. The number of thiazole rings is 1. The van der Waals surface area contributed by atoms with Crippen LogP contribution >= 0.6 is 11.3 Å². The minimum atomic E-state index is -0.998. The summed E-state index contributed by atoms with van der Waals surface area (Å²) in [7, 11) is 1.11. The Balaban J connectivity index is 2.18. The van der Waals surface area contributed by atoms with Crippen molar-refractivity contribution in [3.63, 3.8) is 0 Å². The summed E-state index contributed by atoms with van der Waals surface area (Å²) in [5, 5.41) is 0. The second-order valence-corrected chi connectivity index (χ2v) is 4.44. The Labute approximate surface area is 106 Å². The number of rotatable bonds is 4. The lowest BCUT2D eigenvalue weighted by Crippen LogP contribution is -2.19. The Hall–Kier alpha value is -2.08. The van der Waals surface area contributed by atoms with E-state index in [4.69, 9.17) is 0 Å². The van der Waals surface area contributed by atoms with Gasteiger partial charge in [-0.2, -0.15) is 0 Å². The predicted molar refractivity (Wildman–Crippen MR) is 65.6 cm³/mol. The Kier molecular flexibility index (Phi) is 3.47. The lowest BCUT2D eigenvalue weighted by molar-refractivity contribution is -0.151. The quantitative estimate of drug-likeness (QED) is 0.362. The molecular formula is C12H9NO4S. The topological polar surface area (TPSA) is 73.3 Å². The van der Waals surface area contributed by atoms with E-state index in [2.05, 4.69) is 9.72 Å². The van der Waals surface area contributed by atoms with Crippen molar-refractivity contribution in [3.05, 3.63) is 29.3 Å². The molecule has 0 bridgehead atoms. The highest BCUT2D eigenvalue weighted by molar-refractivity contribution is 7.16. The van der Waals surface area contributed by atoms with E-state index >= 15 is 0 Å². The number of ether oxygens (including phenoxy) is 1. The van der Waals surface area contributed by atoms with Crippen molar-refractivity contribution in [3.8, 4) is 0 Å². The summed E-state index contributed by atoms with van der Waals surface area (Å²) in [6.45, 7) is 0. The molecule has 0 fully saturated rings. The SMILES string of the molecule is COC(=O)C(=O)CC(=O)c1ccc2ncsc2c1. The number of ketones is 2. The van der Waals surface area contributed by atoms with Gasteiger partial charge in [0.25, 0.3) is 0 Å². The summed E-state index contributed by atoms with van der Waals surface area (Å²) < 4.78 is 5.12. The lowest BCUT2D eigenvalue weighted by Gasteiger charge is -2.00. The third kappa shape index (κ3) is 2.43. The molecule has 0 spiro atoms. The first-order chi connectivity index (χ1) is 8.61. The van der Waals surface area contributed by atoms with E-state index in [9.17, 15) is 14.4 Å². The van der Waals surface area contributed by atoms with Gasteiger partial charge in [-0.15, -0.1) is 11.3 Å². The van der Waals surface area contributed by atoms with Gasteiger partial charge in [0.05, 0.1) is 29.3 Å². The third-order valence-electron chi connectivity index (χ3n) is 2.39. The number of aromatic nitrogens is 1. The van der Waals surface area contributed by atoms with Crippen molar-refractivity contribution in [1.82, 2.24) is 4.98 Å². The van der Waals surface area contributed by atoms with Crippen LogP contribution in [0.25, 0.3) is 10.2 Å². The maximum Gasteiger partial charge on any atom is 0.374 e. The molecule has 0 N–H and O–H groups in total. The van der Waals surface area contributed by atoms with Crippen LogP contribution in [0.5, 0.6) is 0 Å². The first-order valence-electron chi connectivity index (χ1n) is 5.09. The Bertz CT molecular complexity index is 632. The zero-order chi connectivity index (χ0) is 13.1. The van der Waals surface area contributed by atoms with E-state index in [1.54, 1.807) is 23.7 Å². The smallest absolute Gasteiger partial charge is 0.374 e. The maximum absolute atomic E-state index is 11.8. The average Bonchev–Trinajstić information content (AvgIpc) is 2.84. The molecule has 0 aliphatic carbocycles. The number of carbonyl (C=O) groups excluding carboxylic acids is 3. The summed E-state index contributed by atoms with van der Waals surface area (Å²) in [5.41, 5.74) is 2.87. The minimum Gasteiger partial charge on any atom is -0.463 e. The molecule has 92 valence electrons. The molecule has 0 unspecified atom stereocenters. The van der Waals surface area contributed by atoms with Crippen molar-refractivity contribution in [2.45, 2.75) is 6.42 Å². The molecule has 0 amide bonds. The van der Waals surface area contributed by atoms with Crippen LogP contribution in [0.4, 0.5) is 0 Å². The standard InChI is InChI=1S/C12H9NO4S/c1-17-12(16)10(15)5-9(14)7-2-3-8-11(4-7)18-6-13-8/h2-4,6H,5H2,1H3. The van der Waals surface area contributed by atoms with E-state index in [0.29, 0.717) is 5.56 Å². The molecule has 0 radical (unpaired) electrons. The largest absolute Gasteiger partial charge is 0.463 e. The van der Waals surface area contributed by atoms with Crippen molar-refractivity contribution in [1.29, 1.82) is 0 Å². The maximum atomic E-state index is 11.8. The minimum absolute atomic E-state index is 0.393. The fourth-order valence-electron chi connectivity index (χ4n) is 1.46. The van der Waals surface area contributed by atoms with Crippen LogP contribution in [0, 0.1) is 0 Å². The Morgan fingerprint density at radius 2 is 2.11 bits per heavy atom. The predicted octanol–water partition coefficient (Wildman–Crippen LogP) is 1.61. The highest BCUT2D eigenvalue weighted by Gasteiger charge is 2.19. The molecule has 1 aromatic heterocycles. The number of methoxy groups -OCH3 is 1. The second-order valence-electron chi connectivity index (χ2n) is 3.55. The summed E-state index contributed by atoms with van der Waals surface area (Å²) in [6, 6.07) is 4.97. The van der Waals surface area contributed by atoms with Gasteiger partial charge in [0.15, 0.2) is 5.78 Å². The summed E-state index contributed by atoms with van der Waals surface area (Å²) in [4.78, 5) is 38.1. The molecule has 2 rings (SSSR count). The van der Waals surface area contributed by atoms with Gasteiger partial charge in [-0.3, -0.25) is 9.59 Å². The van der Waals surface area contributed by atoms with Gasteiger partial charge >= 0.3 is 5.97 Å². The van der Waals surface area contributed by atoms with Gasteiger partial charge < -0.3 is 4.74 Å². The molecule has 0 saturated heterocycles. The van der Waals surface area contributed by atoms with Crippen LogP contribution in [-0.2, 0) is 14.3 Å². The van der Waals surface area contributed by atoms with E-state index in [1.807, 2.05) is 0 Å². The third-order valence-corrected chi connectivity index (χ3v) is 3.18. The van der Waals surface area contributed by atoms with Gasteiger partial charge in [0.2, 0.25) is 5.78 Å². The Morgan fingerprint density at radius 1 is 1.33 bits per heavy atom. The summed E-state index contributed by atoms with van der Waals surface area (Å²) >= 11 is 1.41. The molecule has 18 heavy (non-hydrogen) atoms. The summed E-state index contributed by atoms with van der Waals surface area (Å²) in [5.74, 6) is -2.24. The van der Waals surface area contributed by atoms with Crippen LogP contribution in [0.15, 0.2) is 23.7 Å². The first kappa shape index (κ1) is 12.4. The number of hydrogen-bond acceptors (Lipinski definition) is 6. The fourth-order valence-corrected chi connectivity index (χ4v) is 2.18. The van der Waals surface area contributed by atoms with Gasteiger partial charge in [-0.1, -0.05) is 0 Å². The van der Waals surface area contributed by atoms with Crippen molar-refractivity contribution in [2.24, 2.45) is 0 Å². The van der Waals surface area contributed by atoms with Gasteiger partial charge in [-0.25, -0.2) is 9.78 Å². The first-order valence-corrected chi connectivity index (χ1v) is 5.97. The normalized spacial score (nSPS) is 10.3. The number of benzene rings is 1. The van der Waals surface area contributed by atoms with Crippen molar-refractivity contribution < 1.29 is 19.1 Å². The van der Waals surface area contributed by atoms with Crippen LogP contribution < -0.4 is 0 Å². The van der Waals surface area contributed by atoms with Gasteiger partial charge in [0.1, 0.15) is 0 Å². The van der Waals surface area contributed by atoms with Crippen LogP contribution in [0.1, 0.15) is 16.8 Å². The molecule has 0 aliphatic rings. The van der Waals surface area contributed by atoms with E-state index < -0.39 is 24.0 Å². The zero-order valence-corrected chi connectivity index (χ0v) is 10.3. The molecule has 0 atom stereocenters. The van der Waals surface area contributed by atoms with Crippen molar-refractivity contribution in [2.75, 3.05) is 7.11 Å². The van der Waals surface area contributed by atoms with E-state index in [0.717, 1.165) is 17.3 Å². The number of fused-ring (bicyclic) bond motifs is 1. The van der Waals surface area contributed by atoms with Crippen LogP contribution in [0.2, 0.25) is 0 Å². The van der Waals surface area contributed by atoms with Gasteiger partial charge in [0, 0.05) is 5.56 Å². The van der Waals surface area contributed by atoms with Crippen LogP contribution in [-0.4, -0.2) is 29.6 Å². The Morgan fingerprint density at radius 3 is 2.83 bits per heavy atom.